The number of benzene rings is 1. The summed E-state index contributed by atoms with van der Waals surface area (Å²) in [6.45, 7) is 1.18. The first-order valence-electron chi connectivity index (χ1n) is 8.29. The van der Waals surface area contributed by atoms with Gasteiger partial charge in [-0.1, -0.05) is 11.2 Å². The van der Waals surface area contributed by atoms with Crippen molar-refractivity contribution in [3.63, 3.8) is 0 Å². The minimum Gasteiger partial charge on any atom is -0.334 e. The monoisotopic (exact) mass is 387 g/mol. The Bertz CT molecular complexity index is 1000. The SMILES string of the molecule is O=S(=O)(c1ccc(-c2noc(C=Cc3cccs3)n2)cc1)N1CCCC1. The van der Waals surface area contributed by atoms with Gasteiger partial charge in [-0.2, -0.15) is 9.29 Å². The quantitative estimate of drug-likeness (QED) is 0.666. The van der Waals surface area contributed by atoms with Gasteiger partial charge in [0.2, 0.25) is 15.8 Å². The summed E-state index contributed by atoms with van der Waals surface area (Å²) >= 11 is 1.62. The van der Waals surface area contributed by atoms with Gasteiger partial charge in [0.15, 0.2) is 0 Å². The smallest absolute Gasteiger partial charge is 0.250 e. The minimum atomic E-state index is -3.41. The molecule has 3 aromatic rings. The first-order chi connectivity index (χ1) is 12.6. The Morgan fingerprint density at radius 3 is 2.54 bits per heavy atom. The second-order valence-electron chi connectivity index (χ2n) is 5.94. The fourth-order valence-electron chi connectivity index (χ4n) is 2.81. The number of aromatic nitrogens is 2. The maximum atomic E-state index is 12.6. The molecule has 1 aromatic carbocycles. The van der Waals surface area contributed by atoms with Crippen LogP contribution in [0.1, 0.15) is 23.6 Å². The Hall–Kier alpha value is -2.29. The van der Waals surface area contributed by atoms with E-state index in [0.717, 1.165) is 17.7 Å². The van der Waals surface area contributed by atoms with Crippen molar-refractivity contribution in [3.8, 4) is 11.4 Å². The van der Waals surface area contributed by atoms with Crippen molar-refractivity contribution < 1.29 is 12.9 Å². The molecule has 0 saturated carbocycles. The first-order valence-corrected chi connectivity index (χ1v) is 10.6. The number of sulfonamides is 1. The van der Waals surface area contributed by atoms with Crippen molar-refractivity contribution in [3.05, 3.63) is 52.5 Å². The predicted octanol–water partition coefficient (Wildman–Crippen LogP) is 3.75. The van der Waals surface area contributed by atoms with Crippen molar-refractivity contribution in [2.75, 3.05) is 13.1 Å². The maximum absolute atomic E-state index is 12.6. The summed E-state index contributed by atoms with van der Waals surface area (Å²) in [5.41, 5.74) is 0.713. The molecule has 1 aliphatic rings. The van der Waals surface area contributed by atoms with Gasteiger partial charge in [0, 0.05) is 29.6 Å². The molecule has 1 fully saturated rings. The van der Waals surface area contributed by atoms with Crippen LogP contribution in [-0.4, -0.2) is 36.0 Å². The van der Waals surface area contributed by atoms with E-state index in [9.17, 15) is 8.42 Å². The van der Waals surface area contributed by atoms with E-state index in [1.807, 2.05) is 23.6 Å². The van der Waals surface area contributed by atoms with E-state index in [0.29, 0.717) is 35.3 Å². The van der Waals surface area contributed by atoms with Crippen molar-refractivity contribution in [1.82, 2.24) is 14.4 Å². The molecule has 26 heavy (non-hydrogen) atoms. The lowest BCUT2D eigenvalue weighted by molar-refractivity contribution is 0.411. The Morgan fingerprint density at radius 2 is 1.85 bits per heavy atom. The van der Waals surface area contributed by atoms with Gasteiger partial charge in [-0.05, 0) is 54.6 Å². The molecule has 0 amide bonds. The van der Waals surface area contributed by atoms with Gasteiger partial charge in [-0.25, -0.2) is 8.42 Å². The van der Waals surface area contributed by atoms with Crippen LogP contribution in [0.4, 0.5) is 0 Å². The van der Waals surface area contributed by atoms with Crippen LogP contribution in [-0.2, 0) is 10.0 Å². The Kier molecular flexibility index (Phi) is 4.71. The molecular formula is C18H17N3O3S2. The van der Waals surface area contributed by atoms with E-state index < -0.39 is 10.0 Å². The van der Waals surface area contributed by atoms with Gasteiger partial charge in [-0.3, -0.25) is 0 Å². The highest BCUT2D eigenvalue weighted by molar-refractivity contribution is 7.89. The molecule has 0 atom stereocenters. The zero-order valence-corrected chi connectivity index (χ0v) is 15.5. The largest absolute Gasteiger partial charge is 0.334 e. The third kappa shape index (κ3) is 3.48. The summed E-state index contributed by atoms with van der Waals surface area (Å²) in [5, 5.41) is 5.96. The maximum Gasteiger partial charge on any atom is 0.250 e. The zero-order valence-electron chi connectivity index (χ0n) is 13.9. The van der Waals surface area contributed by atoms with E-state index in [-0.39, 0.29) is 0 Å². The summed E-state index contributed by atoms with van der Waals surface area (Å²) in [6, 6.07) is 10.6. The molecule has 1 saturated heterocycles. The molecule has 134 valence electrons. The van der Waals surface area contributed by atoms with E-state index in [4.69, 9.17) is 4.52 Å². The van der Waals surface area contributed by atoms with E-state index in [1.54, 1.807) is 41.7 Å². The Balaban J connectivity index is 1.52. The molecule has 1 aliphatic heterocycles. The molecule has 0 unspecified atom stereocenters. The van der Waals surface area contributed by atoms with E-state index >= 15 is 0 Å². The summed E-state index contributed by atoms with van der Waals surface area (Å²) in [6.07, 6.45) is 5.51. The highest BCUT2D eigenvalue weighted by Gasteiger charge is 2.27. The summed E-state index contributed by atoms with van der Waals surface area (Å²) in [5.74, 6) is 0.836. The fourth-order valence-corrected chi connectivity index (χ4v) is 4.95. The highest BCUT2D eigenvalue weighted by Crippen LogP contribution is 2.24. The van der Waals surface area contributed by atoms with Crippen LogP contribution < -0.4 is 0 Å². The van der Waals surface area contributed by atoms with E-state index in [1.165, 1.54) is 4.31 Å². The molecule has 6 nitrogen and oxygen atoms in total. The molecule has 0 aliphatic carbocycles. The lowest BCUT2D eigenvalue weighted by Gasteiger charge is -2.15. The van der Waals surface area contributed by atoms with Crippen molar-refractivity contribution in [2.24, 2.45) is 0 Å². The summed E-state index contributed by atoms with van der Waals surface area (Å²) < 4.78 is 31.9. The second-order valence-corrected chi connectivity index (χ2v) is 8.86. The van der Waals surface area contributed by atoms with E-state index in [2.05, 4.69) is 10.1 Å². The molecule has 4 rings (SSSR count). The second kappa shape index (κ2) is 7.14. The first kappa shape index (κ1) is 17.1. The van der Waals surface area contributed by atoms with Crippen LogP contribution in [0.15, 0.2) is 51.2 Å². The molecule has 0 spiro atoms. The zero-order chi connectivity index (χ0) is 18.0. The van der Waals surface area contributed by atoms with Crippen molar-refractivity contribution in [2.45, 2.75) is 17.7 Å². The van der Waals surface area contributed by atoms with Crippen LogP contribution in [0.2, 0.25) is 0 Å². The van der Waals surface area contributed by atoms with Crippen LogP contribution in [0.3, 0.4) is 0 Å². The standard InChI is InChI=1S/C18H17N3O3S2/c22-26(23,21-11-1-2-12-21)16-8-5-14(6-9-16)18-19-17(24-20-18)10-7-15-4-3-13-25-15/h3-10,13H,1-2,11-12H2. The minimum absolute atomic E-state index is 0.296. The topological polar surface area (TPSA) is 76.3 Å². The number of thiophene rings is 1. The van der Waals surface area contributed by atoms with Gasteiger partial charge in [0.1, 0.15) is 0 Å². The summed E-state index contributed by atoms with van der Waals surface area (Å²) in [4.78, 5) is 5.72. The average Bonchev–Trinajstić information content (AvgIpc) is 3.43. The van der Waals surface area contributed by atoms with Gasteiger partial charge in [0.05, 0.1) is 4.90 Å². The highest BCUT2D eigenvalue weighted by atomic mass is 32.2. The summed E-state index contributed by atoms with van der Waals surface area (Å²) in [7, 11) is -3.41. The van der Waals surface area contributed by atoms with Gasteiger partial charge in [0.25, 0.3) is 5.89 Å². The van der Waals surface area contributed by atoms with Crippen molar-refractivity contribution in [1.29, 1.82) is 0 Å². The van der Waals surface area contributed by atoms with Crippen LogP contribution >= 0.6 is 11.3 Å². The molecule has 3 heterocycles. The number of nitrogens with zero attached hydrogens (tertiary/aromatic N) is 3. The molecular weight excluding hydrogens is 370 g/mol. The van der Waals surface area contributed by atoms with Crippen LogP contribution in [0.25, 0.3) is 23.5 Å². The Morgan fingerprint density at radius 1 is 1.08 bits per heavy atom. The lowest BCUT2D eigenvalue weighted by Crippen LogP contribution is -2.27. The predicted molar refractivity (Wildman–Crippen MR) is 101 cm³/mol. The van der Waals surface area contributed by atoms with Crippen LogP contribution in [0, 0.1) is 0 Å². The number of rotatable bonds is 5. The normalized spacial score (nSPS) is 15.8. The Labute approximate surface area is 155 Å². The van der Waals surface area contributed by atoms with Gasteiger partial charge < -0.3 is 4.52 Å². The van der Waals surface area contributed by atoms with Crippen molar-refractivity contribution >= 4 is 33.5 Å². The fraction of sp³-hybridized carbons (Fsp3) is 0.222. The van der Waals surface area contributed by atoms with Gasteiger partial charge in [-0.15, -0.1) is 11.3 Å². The number of hydrogen-bond donors (Lipinski definition) is 0. The number of hydrogen-bond acceptors (Lipinski definition) is 6. The van der Waals surface area contributed by atoms with Gasteiger partial charge >= 0.3 is 0 Å². The third-order valence-corrected chi connectivity index (χ3v) is 6.94. The molecule has 0 N–H and O–H groups in total. The molecule has 8 heteroatoms. The molecule has 0 radical (unpaired) electrons. The lowest BCUT2D eigenvalue weighted by atomic mass is 10.2. The average molecular weight is 387 g/mol. The molecule has 2 aromatic heterocycles. The third-order valence-electron chi connectivity index (χ3n) is 4.19. The van der Waals surface area contributed by atoms with Crippen LogP contribution in [0.5, 0.6) is 0 Å². The molecule has 0 bridgehead atoms.